The van der Waals surface area contributed by atoms with Crippen LogP contribution >= 0.6 is 0 Å². The summed E-state index contributed by atoms with van der Waals surface area (Å²) in [4.78, 5) is 17.6. The zero-order valence-corrected chi connectivity index (χ0v) is 18.3. The largest absolute Gasteiger partial charge is 0.497 e. The molecule has 0 atom stereocenters. The topological polar surface area (TPSA) is 32.8 Å². The maximum absolute atomic E-state index is 13.4. The van der Waals surface area contributed by atoms with Gasteiger partial charge in [0.05, 0.1) is 19.7 Å². The highest BCUT2D eigenvalue weighted by atomic mass is 16.5. The summed E-state index contributed by atoms with van der Waals surface area (Å²) in [6.45, 7) is 1.19. The Hall–Kier alpha value is -3.11. The Balaban J connectivity index is 1.51. The first-order valence-electron chi connectivity index (χ1n) is 10.9. The van der Waals surface area contributed by atoms with Crippen molar-refractivity contribution >= 4 is 5.91 Å². The summed E-state index contributed by atoms with van der Waals surface area (Å²) in [6.07, 6.45) is 2.32. The Kier molecular flexibility index (Phi) is 6.68. The van der Waals surface area contributed by atoms with E-state index in [9.17, 15) is 4.79 Å². The van der Waals surface area contributed by atoms with Crippen molar-refractivity contribution in [2.45, 2.75) is 31.5 Å². The fourth-order valence-corrected chi connectivity index (χ4v) is 4.06. The molecule has 1 amide bonds. The molecule has 0 spiro atoms. The van der Waals surface area contributed by atoms with E-state index in [1.165, 1.54) is 5.56 Å². The van der Waals surface area contributed by atoms with Crippen LogP contribution in [-0.2, 0) is 11.3 Å². The molecule has 0 unspecified atom stereocenters. The second-order valence-electron chi connectivity index (χ2n) is 8.21. The number of rotatable bonds is 9. The highest BCUT2D eigenvalue weighted by molar-refractivity contribution is 5.79. The summed E-state index contributed by atoms with van der Waals surface area (Å²) in [5.41, 5.74) is 3.45. The van der Waals surface area contributed by atoms with Gasteiger partial charge in [-0.3, -0.25) is 9.69 Å². The van der Waals surface area contributed by atoms with Gasteiger partial charge in [0.15, 0.2) is 0 Å². The molecule has 1 fully saturated rings. The molecule has 1 aliphatic carbocycles. The molecule has 4 rings (SSSR count). The van der Waals surface area contributed by atoms with E-state index in [1.54, 1.807) is 7.11 Å². The Labute approximate surface area is 185 Å². The molecule has 0 aliphatic heterocycles. The number of amides is 1. The number of carbonyl (C=O) groups is 1. The first kappa shape index (κ1) is 21.1. The Bertz CT molecular complexity index is 930. The Morgan fingerprint density at radius 1 is 0.903 bits per heavy atom. The van der Waals surface area contributed by atoms with Crippen LogP contribution in [0.4, 0.5) is 0 Å². The van der Waals surface area contributed by atoms with Gasteiger partial charge in [-0.25, -0.2) is 0 Å². The second-order valence-corrected chi connectivity index (χ2v) is 8.21. The van der Waals surface area contributed by atoms with Crippen molar-refractivity contribution in [3.63, 3.8) is 0 Å². The molecule has 4 heteroatoms. The molecule has 0 radical (unpaired) electrons. The molecular formula is C27H30N2O2. The molecule has 0 N–H and O–H groups in total. The van der Waals surface area contributed by atoms with Gasteiger partial charge >= 0.3 is 0 Å². The summed E-state index contributed by atoms with van der Waals surface area (Å²) in [7, 11) is 3.60. The molecule has 0 heterocycles. The van der Waals surface area contributed by atoms with E-state index >= 15 is 0 Å². The molecule has 3 aromatic carbocycles. The quantitative estimate of drug-likeness (QED) is 0.499. The minimum absolute atomic E-state index is 0.100. The van der Waals surface area contributed by atoms with Crippen LogP contribution in [-0.4, -0.2) is 42.5 Å². The maximum Gasteiger partial charge on any atom is 0.237 e. The number of benzene rings is 3. The second kappa shape index (κ2) is 9.80. The normalized spacial score (nSPS) is 13.4. The van der Waals surface area contributed by atoms with Gasteiger partial charge in [-0.1, -0.05) is 72.8 Å². The van der Waals surface area contributed by atoms with Crippen molar-refractivity contribution in [3.05, 3.63) is 102 Å². The molecule has 0 aromatic heterocycles. The first-order valence-corrected chi connectivity index (χ1v) is 10.9. The summed E-state index contributed by atoms with van der Waals surface area (Å²) in [6, 6.07) is 29.0. The number of ether oxygens (including phenoxy) is 1. The van der Waals surface area contributed by atoms with E-state index in [0.29, 0.717) is 12.6 Å². The highest BCUT2D eigenvalue weighted by Gasteiger charge is 2.32. The smallest absolute Gasteiger partial charge is 0.237 e. The molecule has 0 saturated heterocycles. The number of nitrogens with zero attached hydrogens (tertiary/aromatic N) is 2. The molecule has 0 bridgehead atoms. The van der Waals surface area contributed by atoms with Crippen molar-refractivity contribution in [2.75, 3.05) is 20.7 Å². The van der Waals surface area contributed by atoms with E-state index in [2.05, 4.69) is 41.3 Å². The fourth-order valence-electron chi connectivity index (χ4n) is 4.06. The monoisotopic (exact) mass is 414 g/mol. The summed E-state index contributed by atoms with van der Waals surface area (Å²) >= 11 is 0. The Morgan fingerprint density at radius 3 is 1.94 bits per heavy atom. The zero-order valence-electron chi connectivity index (χ0n) is 18.3. The van der Waals surface area contributed by atoms with E-state index in [0.717, 1.165) is 36.3 Å². The number of hydrogen-bond donors (Lipinski definition) is 0. The third kappa shape index (κ3) is 5.33. The van der Waals surface area contributed by atoms with Gasteiger partial charge in [-0.15, -0.1) is 0 Å². The van der Waals surface area contributed by atoms with E-state index < -0.39 is 0 Å². The molecule has 31 heavy (non-hydrogen) atoms. The van der Waals surface area contributed by atoms with Crippen LogP contribution in [0.2, 0.25) is 0 Å². The number of methoxy groups -OCH3 is 1. The molecule has 1 aliphatic rings. The van der Waals surface area contributed by atoms with Crippen LogP contribution in [0.15, 0.2) is 84.9 Å². The standard InChI is InChI=1S/C27H30N2O2/c1-28(27(22-9-5-3-6-10-22)23-11-7-4-8-12-23)26(30)20-29(24-15-16-24)19-21-13-17-25(31-2)18-14-21/h3-14,17-18,24,27H,15-16,19-20H2,1-2H3. The average Bonchev–Trinajstić information content (AvgIpc) is 3.66. The van der Waals surface area contributed by atoms with E-state index in [-0.39, 0.29) is 11.9 Å². The molecular weight excluding hydrogens is 384 g/mol. The van der Waals surface area contributed by atoms with Crippen LogP contribution in [0.5, 0.6) is 5.75 Å². The maximum atomic E-state index is 13.4. The predicted molar refractivity (Wildman–Crippen MR) is 124 cm³/mol. The van der Waals surface area contributed by atoms with Crippen LogP contribution in [0.3, 0.4) is 0 Å². The van der Waals surface area contributed by atoms with Gasteiger partial charge in [0, 0.05) is 19.6 Å². The molecule has 1 saturated carbocycles. The van der Waals surface area contributed by atoms with Crippen molar-refractivity contribution < 1.29 is 9.53 Å². The van der Waals surface area contributed by atoms with Gasteiger partial charge in [0.25, 0.3) is 0 Å². The van der Waals surface area contributed by atoms with Gasteiger partial charge < -0.3 is 9.64 Å². The lowest BCUT2D eigenvalue weighted by atomic mass is 9.97. The SMILES string of the molecule is COc1ccc(CN(CC(=O)N(C)C(c2ccccc2)c2ccccc2)C2CC2)cc1. The minimum atomic E-state index is -0.100. The average molecular weight is 415 g/mol. The third-order valence-corrected chi connectivity index (χ3v) is 5.96. The van der Waals surface area contributed by atoms with Crippen molar-refractivity contribution in [2.24, 2.45) is 0 Å². The van der Waals surface area contributed by atoms with Crippen molar-refractivity contribution in [1.29, 1.82) is 0 Å². The van der Waals surface area contributed by atoms with Crippen molar-refractivity contribution in [1.82, 2.24) is 9.80 Å². The molecule has 4 nitrogen and oxygen atoms in total. The van der Waals surface area contributed by atoms with Crippen LogP contribution < -0.4 is 4.74 Å². The van der Waals surface area contributed by atoms with Gasteiger partial charge in [0.2, 0.25) is 5.91 Å². The summed E-state index contributed by atoms with van der Waals surface area (Å²) in [5.74, 6) is 0.990. The summed E-state index contributed by atoms with van der Waals surface area (Å²) < 4.78 is 5.27. The van der Waals surface area contributed by atoms with Gasteiger partial charge in [-0.2, -0.15) is 0 Å². The zero-order chi connectivity index (χ0) is 21.6. The number of likely N-dealkylation sites (N-methyl/N-ethyl adjacent to an activating group) is 1. The van der Waals surface area contributed by atoms with Crippen LogP contribution in [0.25, 0.3) is 0 Å². The lowest BCUT2D eigenvalue weighted by Gasteiger charge is -2.32. The number of carbonyl (C=O) groups excluding carboxylic acids is 1. The van der Waals surface area contributed by atoms with Crippen molar-refractivity contribution in [3.8, 4) is 5.75 Å². The molecule has 160 valence electrons. The van der Waals surface area contributed by atoms with Gasteiger partial charge in [-0.05, 0) is 41.7 Å². The predicted octanol–water partition coefficient (Wildman–Crippen LogP) is 4.91. The van der Waals surface area contributed by atoms with E-state index in [4.69, 9.17) is 4.74 Å². The van der Waals surface area contributed by atoms with E-state index in [1.807, 2.05) is 60.5 Å². The highest BCUT2D eigenvalue weighted by Crippen LogP contribution is 2.31. The summed E-state index contributed by atoms with van der Waals surface area (Å²) in [5, 5.41) is 0. The lowest BCUT2D eigenvalue weighted by molar-refractivity contribution is -0.133. The first-order chi connectivity index (χ1) is 15.2. The van der Waals surface area contributed by atoms with Gasteiger partial charge in [0.1, 0.15) is 5.75 Å². The third-order valence-electron chi connectivity index (χ3n) is 5.96. The number of hydrogen-bond acceptors (Lipinski definition) is 3. The fraction of sp³-hybridized carbons (Fsp3) is 0.296. The van der Waals surface area contributed by atoms with Crippen LogP contribution in [0.1, 0.15) is 35.6 Å². The minimum Gasteiger partial charge on any atom is -0.497 e. The molecule has 3 aromatic rings. The van der Waals surface area contributed by atoms with Crippen LogP contribution in [0, 0.1) is 0 Å². The lowest BCUT2D eigenvalue weighted by Crippen LogP contribution is -2.41. The Morgan fingerprint density at radius 2 is 1.45 bits per heavy atom.